The zero-order valence-electron chi connectivity index (χ0n) is 21.1. The molecule has 0 saturated heterocycles. The van der Waals surface area contributed by atoms with Crippen LogP contribution >= 0.6 is 0 Å². The number of hydrogen-bond acceptors (Lipinski definition) is 4. The van der Waals surface area contributed by atoms with Gasteiger partial charge in [0.25, 0.3) is 5.56 Å². The fraction of sp³-hybridized carbons (Fsp3) is 0.379. The second-order valence-electron chi connectivity index (χ2n) is 9.39. The van der Waals surface area contributed by atoms with E-state index in [1.165, 1.54) is 23.0 Å². The van der Waals surface area contributed by atoms with Gasteiger partial charge in [-0.15, -0.1) is 0 Å². The molecular weight excluding hydrogens is 468 g/mol. The van der Waals surface area contributed by atoms with Gasteiger partial charge in [0.2, 0.25) is 11.8 Å². The van der Waals surface area contributed by atoms with E-state index in [4.69, 9.17) is 0 Å². The molecule has 1 aromatic heterocycles. The lowest BCUT2D eigenvalue weighted by atomic mass is 9.97. The Bertz CT molecular complexity index is 1390. The molecule has 1 heterocycles. The zero-order valence-corrected chi connectivity index (χ0v) is 21.1. The van der Waals surface area contributed by atoms with Gasteiger partial charge < -0.3 is 10.6 Å². The molecule has 194 valence electrons. The van der Waals surface area contributed by atoms with E-state index in [0.29, 0.717) is 30.4 Å². The van der Waals surface area contributed by atoms with E-state index in [0.717, 1.165) is 29.4 Å². The van der Waals surface area contributed by atoms with Crippen molar-refractivity contribution in [1.82, 2.24) is 19.8 Å². The summed E-state index contributed by atoms with van der Waals surface area (Å²) in [5.41, 5.74) is 1.84. The Labute approximate surface area is 216 Å². The first-order valence-corrected chi connectivity index (χ1v) is 13.0. The summed E-state index contributed by atoms with van der Waals surface area (Å²) in [5, 5.41) is 6.08. The van der Waals surface area contributed by atoms with Gasteiger partial charge in [0.15, 0.2) is 0 Å². The molecule has 2 aromatic carbocycles. The van der Waals surface area contributed by atoms with E-state index in [1.807, 2.05) is 30.3 Å². The Kier molecular flexibility index (Phi) is 9.08. The highest BCUT2D eigenvalue weighted by atomic mass is 16.2. The smallest absolute Gasteiger partial charge is 0.331 e. The molecule has 1 aliphatic carbocycles. The molecule has 8 nitrogen and oxygen atoms in total. The third-order valence-electron chi connectivity index (χ3n) is 6.73. The van der Waals surface area contributed by atoms with Crippen LogP contribution in [0, 0.1) is 0 Å². The van der Waals surface area contributed by atoms with Crippen LogP contribution in [0.25, 0.3) is 10.9 Å². The highest BCUT2D eigenvalue weighted by Gasteiger charge is 2.16. The van der Waals surface area contributed by atoms with Gasteiger partial charge in [-0.1, -0.05) is 54.1 Å². The van der Waals surface area contributed by atoms with Gasteiger partial charge in [0.1, 0.15) is 6.54 Å². The molecule has 0 fully saturated rings. The molecule has 0 aliphatic heterocycles. The lowest BCUT2D eigenvalue weighted by Gasteiger charge is -2.15. The quantitative estimate of drug-likeness (QED) is 0.394. The second kappa shape index (κ2) is 12.9. The number of benzene rings is 2. The molecule has 0 atom stereocenters. The number of carbonyl (C=O) groups is 2. The average Bonchev–Trinajstić information content (AvgIpc) is 2.92. The summed E-state index contributed by atoms with van der Waals surface area (Å²) < 4.78 is 2.37. The fourth-order valence-corrected chi connectivity index (χ4v) is 4.71. The number of amides is 2. The van der Waals surface area contributed by atoms with E-state index in [2.05, 4.69) is 16.7 Å². The maximum atomic E-state index is 13.3. The van der Waals surface area contributed by atoms with E-state index in [9.17, 15) is 19.2 Å². The molecule has 0 bridgehead atoms. The maximum absolute atomic E-state index is 13.3. The fourth-order valence-electron chi connectivity index (χ4n) is 4.71. The van der Waals surface area contributed by atoms with Crippen molar-refractivity contribution in [3.63, 3.8) is 0 Å². The van der Waals surface area contributed by atoms with E-state index in [-0.39, 0.29) is 31.3 Å². The maximum Gasteiger partial charge on any atom is 0.331 e. The molecule has 0 unspecified atom stereocenters. The van der Waals surface area contributed by atoms with Gasteiger partial charge in [0.05, 0.1) is 10.9 Å². The number of nitrogens with one attached hydrogen (secondary N) is 2. The number of hydrogen-bond donors (Lipinski definition) is 2. The van der Waals surface area contributed by atoms with Crippen LogP contribution < -0.4 is 21.9 Å². The summed E-state index contributed by atoms with van der Waals surface area (Å²) in [7, 11) is 0. The molecule has 3 aromatic rings. The van der Waals surface area contributed by atoms with Crippen molar-refractivity contribution in [1.29, 1.82) is 0 Å². The number of para-hydroxylation sites is 1. The van der Waals surface area contributed by atoms with Gasteiger partial charge in [-0.3, -0.25) is 23.5 Å². The predicted octanol–water partition coefficient (Wildman–Crippen LogP) is 2.92. The second-order valence-corrected chi connectivity index (χ2v) is 9.39. The Hall–Kier alpha value is -3.94. The predicted molar refractivity (Wildman–Crippen MR) is 144 cm³/mol. The van der Waals surface area contributed by atoms with Crippen molar-refractivity contribution >= 4 is 22.7 Å². The van der Waals surface area contributed by atoms with Crippen LogP contribution in [0.1, 0.15) is 44.1 Å². The van der Waals surface area contributed by atoms with Crippen molar-refractivity contribution in [2.75, 3.05) is 13.1 Å². The van der Waals surface area contributed by atoms with Crippen molar-refractivity contribution in [3.05, 3.63) is 92.6 Å². The summed E-state index contributed by atoms with van der Waals surface area (Å²) in [6.45, 7) is 0.730. The van der Waals surface area contributed by atoms with Gasteiger partial charge in [-0.25, -0.2) is 4.79 Å². The minimum Gasteiger partial charge on any atom is -0.356 e. The van der Waals surface area contributed by atoms with Gasteiger partial charge in [0, 0.05) is 26.1 Å². The van der Waals surface area contributed by atoms with Crippen molar-refractivity contribution < 1.29 is 9.59 Å². The number of rotatable bonds is 11. The van der Waals surface area contributed by atoms with Gasteiger partial charge in [-0.2, -0.15) is 0 Å². The van der Waals surface area contributed by atoms with Crippen LogP contribution in [-0.4, -0.2) is 34.0 Å². The molecule has 8 heteroatoms. The minimum absolute atomic E-state index is 0.0103. The van der Waals surface area contributed by atoms with E-state index < -0.39 is 11.2 Å². The summed E-state index contributed by atoms with van der Waals surface area (Å²) in [4.78, 5) is 51.4. The van der Waals surface area contributed by atoms with Crippen molar-refractivity contribution in [2.45, 2.75) is 58.0 Å². The highest BCUT2D eigenvalue weighted by molar-refractivity contribution is 5.81. The number of nitrogens with zero attached hydrogens (tertiary/aromatic N) is 2. The van der Waals surface area contributed by atoms with E-state index >= 15 is 0 Å². The summed E-state index contributed by atoms with van der Waals surface area (Å²) >= 11 is 0. The molecule has 0 spiro atoms. The molecule has 0 saturated carbocycles. The van der Waals surface area contributed by atoms with Crippen LogP contribution in [0.15, 0.2) is 75.8 Å². The van der Waals surface area contributed by atoms with Gasteiger partial charge in [-0.05, 0) is 56.2 Å². The Balaban J connectivity index is 1.41. The molecule has 1 aliphatic rings. The monoisotopic (exact) mass is 502 g/mol. The summed E-state index contributed by atoms with van der Waals surface area (Å²) in [6, 6.07) is 16.6. The number of aromatic nitrogens is 2. The lowest BCUT2D eigenvalue weighted by Crippen LogP contribution is -2.43. The van der Waals surface area contributed by atoms with Crippen LogP contribution in [0.4, 0.5) is 0 Å². The number of fused-ring (bicyclic) bond motifs is 1. The normalized spacial score (nSPS) is 13.2. The Morgan fingerprint density at radius 2 is 1.54 bits per heavy atom. The summed E-state index contributed by atoms with van der Waals surface area (Å²) in [6.07, 6.45) is 8.32. The molecule has 4 rings (SSSR count). The first-order valence-electron chi connectivity index (χ1n) is 13.0. The van der Waals surface area contributed by atoms with Gasteiger partial charge >= 0.3 is 5.69 Å². The Morgan fingerprint density at radius 3 is 2.32 bits per heavy atom. The third kappa shape index (κ3) is 7.06. The van der Waals surface area contributed by atoms with Crippen LogP contribution in [0.2, 0.25) is 0 Å². The molecule has 37 heavy (non-hydrogen) atoms. The van der Waals surface area contributed by atoms with E-state index in [1.54, 1.807) is 24.3 Å². The van der Waals surface area contributed by atoms with Crippen molar-refractivity contribution in [2.24, 2.45) is 0 Å². The lowest BCUT2D eigenvalue weighted by molar-refractivity contribution is -0.122. The topological polar surface area (TPSA) is 102 Å². The van der Waals surface area contributed by atoms with Crippen molar-refractivity contribution in [3.8, 4) is 0 Å². The largest absolute Gasteiger partial charge is 0.356 e. The Morgan fingerprint density at radius 1 is 0.811 bits per heavy atom. The molecule has 0 radical (unpaired) electrons. The third-order valence-corrected chi connectivity index (χ3v) is 6.73. The minimum atomic E-state index is -0.592. The average molecular weight is 503 g/mol. The zero-order chi connectivity index (χ0) is 26.0. The summed E-state index contributed by atoms with van der Waals surface area (Å²) in [5.74, 6) is -0.524. The highest BCUT2D eigenvalue weighted by Crippen LogP contribution is 2.19. The first-order chi connectivity index (χ1) is 18.0. The first kappa shape index (κ1) is 26.1. The van der Waals surface area contributed by atoms with Crippen LogP contribution in [0.5, 0.6) is 0 Å². The SMILES string of the molecule is O=C(CCn1c(=O)c2ccccc2n(CC(=O)NCCC2=CCCCC2)c1=O)NCCc1ccccc1. The molecule has 2 N–H and O–H groups in total. The number of carbonyl (C=O) groups excluding carboxylic acids is 2. The van der Waals surface area contributed by atoms with Crippen LogP contribution in [0.3, 0.4) is 0 Å². The molecular formula is C29H34N4O4. The van der Waals surface area contributed by atoms with Crippen LogP contribution in [-0.2, 0) is 29.1 Å². The molecule has 2 amide bonds. The number of allylic oxidation sites excluding steroid dienone is 1. The standard InChI is InChI=1S/C29H34N4O4/c34-26(30-18-15-22-9-3-1-4-10-22)17-20-32-28(36)24-13-7-8-14-25(24)33(29(32)37)21-27(35)31-19-16-23-11-5-2-6-12-23/h1,3-4,7-11,13-14H,2,5-6,12,15-21H2,(H,30,34)(H,31,35).